The highest BCUT2D eigenvalue weighted by atomic mass is 16.5. The van der Waals surface area contributed by atoms with Crippen molar-refractivity contribution in [1.82, 2.24) is 0 Å². The van der Waals surface area contributed by atoms with Gasteiger partial charge in [-0.3, -0.25) is 9.59 Å². The molecule has 0 aromatic carbocycles. The number of fused-ring (bicyclic) bond motifs is 5. The molecule has 0 heterocycles. The van der Waals surface area contributed by atoms with Crippen LogP contribution < -0.4 is 0 Å². The highest BCUT2D eigenvalue weighted by Gasteiger charge is 2.59. The van der Waals surface area contributed by atoms with Gasteiger partial charge in [-0.05, 0) is 35.8 Å². The zero-order valence-electron chi connectivity index (χ0n) is 16.1. The average Bonchev–Trinajstić information content (AvgIpc) is 3.17. The molecule has 4 aliphatic rings. The SMILES string of the molecule is [C-]#[N+]C1([N+]#[C-])CC2=C(COC(C)=O)C(=O)CC2=C(CC)C2C1=C[C@H]1C=C[C@@H]2C1. The van der Waals surface area contributed by atoms with Crippen molar-refractivity contribution in [3.63, 3.8) is 0 Å². The van der Waals surface area contributed by atoms with Crippen molar-refractivity contribution < 1.29 is 14.3 Å². The van der Waals surface area contributed by atoms with E-state index in [0.29, 0.717) is 5.57 Å². The Bertz CT molecular complexity index is 966. The Labute approximate surface area is 165 Å². The van der Waals surface area contributed by atoms with E-state index in [1.807, 2.05) is 0 Å². The van der Waals surface area contributed by atoms with Crippen LogP contribution in [-0.2, 0) is 14.3 Å². The van der Waals surface area contributed by atoms with Gasteiger partial charge in [0, 0.05) is 24.8 Å². The lowest BCUT2D eigenvalue weighted by Gasteiger charge is -2.31. The van der Waals surface area contributed by atoms with E-state index in [2.05, 4.69) is 34.8 Å². The predicted molar refractivity (Wildman–Crippen MR) is 103 cm³/mol. The van der Waals surface area contributed by atoms with Gasteiger partial charge in [-0.1, -0.05) is 30.7 Å². The maximum absolute atomic E-state index is 12.8. The summed E-state index contributed by atoms with van der Waals surface area (Å²) in [5, 5.41) is 0. The van der Waals surface area contributed by atoms with Gasteiger partial charge in [0.05, 0.1) is 0 Å². The predicted octanol–water partition coefficient (Wildman–Crippen LogP) is 4.21. The van der Waals surface area contributed by atoms with Crippen LogP contribution in [0, 0.1) is 30.9 Å². The molecule has 3 atom stereocenters. The van der Waals surface area contributed by atoms with Crippen LogP contribution >= 0.6 is 0 Å². The first kappa shape index (κ1) is 18.4. The quantitative estimate of drug-likeness (QED) is 0.422. The number of Topliss-reactive ketones (excluding diaryl/α,β-unsaturated/α-hetero) is 1. The van der Waals surface area contributed by atoms with E-state index in [9.17, 15) is 9.59 Å². The number of carbonyl (C=O) groups is 2. The number of carbonyl (C=O) groups excluding carboxylic acids is 2. The minimum atomic E-state index is -1.32. The summed E-state index contributed by atoms with van der Waals surface area (Å²) in [5.74, 6) is 0.0856. The van der Waals surface area contributed by atoms with E-state index < -0.39 is 11.6 Å². The molecule has 0 aromatic rings. The van der Waals surface area contributed by atoms with E-state index >= 15 is 0 Å². The summed E-state index contributed by atoms with van der Waals surface area (Å²) in [5.41, 5.74) is 2.99. The second-order valence-electron chi connectivity index (χ2n) is 7.96. The third kappa shape index (κ3) is 2.58. The van der Waals surface area contributed by atoms with Gasteiger partial charge in [-0.15, -0.1) is 0 Å². The number of ether oxygens (including phenoxy) is 1. The van der Waals surface area contributed by atoms with Gasteiger partial charge >= 0.3 is 11.6 Å². The van der Waals surface area contributed by atoms with E-state index in [4.69, 9.17) is 17.9 Å². The molecule has 0 spiro atoms. The van der Waals surface area contributed by atoms with E-state index in [0.717, 1.165) is 29.6 Å². The second-order valence-corrected chi connectivity index (χ2v) is 7.96. The van der Waals surface area contributed by atoms with Crippen LogP contribution in [0.3, 0.4) is 0 Å². The fourth-order valence-electron chi connectivity index (χ4n) is 5.31. The maximum Gasteiger partial charge on any atom is 0.510 e. The lowest BCUT2D eigenvalue weighted by Crippen LogP contribution is -2.33. The number of rotatable bonds is 3. The molecule has 2 bridgehead atoms. The molecule has 0 fully saturated rings. The van der Waals surface area contributed by atoms with Crippen LogP contribution in [0.15, 0.2) is 46.1 Å². The standard InChI is InChI=1S/C23H22N2O3/c1-5-16-17-10-21(27)19(12-28-13(2)26)18(17)11-23(24-3,25-4)20-9-14-6-7-15(8-14)22(16)20/h6-7,9,14-15,22H,5,8,10-12H2,1-2H3/t14-,15+,22?/m0/s1. The molecule has 0 N–H and O–H groups in total. The number of allylic oxidation sites excluding steroid dienone is 5. The monoisotopic (exact) mass is 374 g/mol. The van der Waals surface area contributed by atoms with Gasteiger partial charge in [-0.25, -0.2) is 22.8 Å². The average molecular weight is 374 g/mol. The zero-order chi connectivity index (χ0) is 20.1. The number of hydrogen-bond acceptors (Lipinski definition) is 3. The maximum atomic E-state index is 12.8. The molecule has 5 heteroatoms. The van der Waals surface area contributed by atoms with E-state index in [1.54, 1.807) is 0 Å². The number of ketones is 1. The lowest BCUT2D eigenvalue weighted by atomic mass is 9.70. The van der Waals surface area contributed by atoms with Crippen molar-refractivity contribution in [1.29, 1.82) is 0 Å². The summed E-state index contributed by atoms with van der Waals surface area (Å²) in [6.45, 7) is 19.2. The minimum absolute atomic E-state index is 0.0107. The molecule has 0 aliphatic heterocycles. The Morgan fingerprint density at radius 1 is 1.29 bits per heavy atom. The van der Waals surface area contributed by atoms with Gasteiger partial charge in [0.25, 0.3) is 0 Å². The molecular weight excluding hydrogens is 352 g/mol. The Balaban J connectivity index is 1.95. The topological polar surface area (TPSA) is 52.1 Å². The van der Waals surface area contributed by atoms with Gasteiger partial charge in [-0.2, -0.15) is 0 Å². The molecule has 0 saturated heterocycles. The zero-order valence-corrected chi connectivity index (χ0v) is 16.1. The van der Waals surface area contributed by atoms with Crippen molar-refractivity contribution >= 4 is 11.8 Å². The highest BCUT2D eigenvalue weighted by molar-refractivity contribution is 6.03. The van der Waals surface area contributed by atoms with Crippen LogP contribution in [0.2, 0.25) is 0 Å². The Hall–Kier alpha value is -2.92. The minimum Gasteiger partial charge on any atom is -0.461 e. The normalized spacial score (nSPS) is 29.5. The molecule has 142 valence electrons. The first-order chi connectivity index (χ1) is 13.4. The number of nitrogens with zero attached hydrogens (tertiary/aromatic N) is 2. The van der Waals surface area contributed by atoms with Crippen LogP contribution in [0.4, 0.5) is 0 Å². The highest BCUT2D eigenvalue weighted by Crippen LogP contribution is 2.56. The first-order valence-electron chi connectivity index (χ1n) is 9.72. The number of esters is 1. The van der Waals surface area contributed by atoms with E-state index in [1.165, 1.54) is 12.5 Å². The molecule has 0 amide bonds. The molecule has 4 aliphatic carbocycles. The summed E-state index contributed by atoms with van der Waals surface area (Å²) in [4.78, 5) is 31.8. The van der Waals surface area contributed by atoms with Crippen LogP contribution in [0.25, 0.3) is 9.69 Å². The fourth-order valence-corrected chi connectivity index (χ4v) is 5.31. The smallest absolute Gasteiger partial charge is 0.461 e. The van der Waals surface area contributed by atoms with Gasteiger partial charge < -0.3 is 4.74 Å². The lowest BCUT2D eigenvalue weighted by molar-refractivity contribution is -0.140. The molecule has 0 saturated carbocycles. The van der Waals surface area contributed by atoms with Crippen molar-refractivity contribution in [3.8, 4) is 0 Å². The Morgan fingerprint density at radius 2 is 2.04 bits per heavy atom. The molecule has 4 rings (SSSR count). The van der Waals surface area contributed by atoms with Crippen molar-refractivity contribution in [2.24, 2.45) is 17.8 Å². The van der Waals surface area contributed by atoms with Crippen molar-refractivity contribution in [2.75, 3.05) is 6.61 Å². The fraction of sp³-hybridized carbons (Fsp3) is 0.478. The summed E-state index contributed by atoms with van der Waals surface area (Å²) in [6.07, 6.45) is 8.80. The largest absolute Gasteiger partial charge is 0.510 e. The molecular formula is C23H22N2O3. The van der Waals surface area contributed by atoms with Crippen LogP contribution in [-0.4, -0.2) is 24.0 Å². The van der Waals surface area contributed by atoms with Gasteiger partial charge in [0.2, 0.25) is 0 Å². The van der Waals surface area contributed by atoms with Crippen LogP contribution in [0.5, 0.6) is 0 Å². The first-order valence-corrected chi connectivity index (χ1v) is 9.72. The second kappa shape index (κ2) is 6.60. The van der Waals surface area contributed by atoms with Gasteiger partial charge in [0.15, 0.2) is 5.78 Å². The van der Waals surface area contributed by atoms with Crippen LogP contribution in [0.1, 0.15) is 39.5 Å². The Morgan fingerprint density at radius 3 is 2.68 bits per heavy atom. The number of hydrogen-bond donors (Lipinski definition) is 0. The third-order valence-electron chi connectivity index (χ3n) is 6.53. The van der Waals surface area contributed by atoms with Crippen molar-refractivity contribution in [2.45, 2.75) is 45.2 Å². The van der Waals surface area contributed by atoms with Crippen molar-refractivity contribution in [3.05, 3.63) is 68.9 Å². The molecule has 28 heavy (non-hydrogen) atoms. The summed E-state index contributed by atoms with van der Waals surface area (Å²) in [7, 11) is 0. The third-order valence-corrected chi connectivity index (χ3v) is 6.53. The summed E-state index contributed by atoms with van der Waals surface area (Å²) < 4.78 is 5.14. The Kier molecular flexibility index (Phi) is 4.35. The van der Waals surface area contributed by atoms with E-state index in [-0.39, 0.29) is 43.0 Å². The summed E-state index contributed by atoms with van der Waals surface area (Å²) >= 11 is 0. The molecule has 1 unspecified atom stereocenters. The molecule has 5 nitrogen and oxygen atoms in total. The molecule has 0 radical (unpaired) electrons. The van der Waals surface area contributed by atoms with Gasteiger partial charge in [0.1, 0.15) is 18.6 Å². The summed E-state index contributed by atoms with van der Waals surface area (Å²) in [6, 6.07) is 0. The molecule has 0 aromatic heterocycles.